The molecule has 0 unspecified atom stereocenters. The molecule has 11 heteroatoms. The Bertz CT molecular complexity index is 2020. The third kappa shape index (κ3) is 7.75. The van der Waals surface area contributed by atoms with Gasteiger partial charge in [-0.2, -0.15) is 0 Å². The number of ether oxygens (including phenoxy) is 2. The molecule has 5 aromatic rings. The number of pyridine rings is 1. The van der Waals surface area contributed by atoms with Crippen molar-refractivity contribution in [3.63, 3.8) is 0 Å². The van der Waals surface area contributed by atoms with Crippen LogP contribution in [0.4, 0.5) is 5.69 Å². The quantitative estimate of drug-likeness (QED) is 0.157. The van der Waals surface area contributed by atoms with Crippen LogP contribution in [0.2, 0.25) is 10.0 Å². The van der Waals surface area contributed by atoms with Crippen LogP contribution in [0.1, 0.15) is 32.9 Å². The van der Waals surface area contributed by atoms with Crippen molar-refractivity contribution in [1.82, 2.24) is 19.8 Å². The van der Waals surface area contributed by atoms with Crippen LogP contribution in [0.15, 0.2) is 85.1 Å². The van der Waals surface area contributed by atoms with E-state index in [1.54, 1.807) is 50.5 Å². The molecule has 9 nitrogen and oxygen atoms in total. The van der Waals surface area contributed by atoms with Crippen molar-refractivity contribution in [3.8, 4) is 11.4 Å². The molecule has 252 valence electrons. The smallest absolute Gasteiger partial charge is 0.253 e. The minimum absolute atomic E-state index is 0.0768. The van der Waals surface area contributed by atoms with Gasteiger partial charge < -0.3 is 29.2 Å². The molecule has 1 aliphatic rings. The number of nitrogens with zero attached hydrogens (tertiary/aromatic N) is 4. The van der Waals surface area contributed by atoms with Crippen LogP contribution in [-0.2, 0) is 22.7 Å². The molecule has 1 N–H and O–H groups in total. The second-order valence-corrected chi connectivity index (χ2v) is 12.7. The number of benzene rings is 3. The first-order valence-electron chi connectivity index (χ1n) is 16.0. The Morgan fingerprint density at radius 3 is 2.53 bits per heavy atom. The summed E-state index contributed by atoms with van der Waals surface area (Å²) in [6.07, 6.45) is 5.06. The summed E-state index contributed by atoms with van der Waals surface area (Å²) in [5, 5.41) is 4.88. The molecular formula is C38H37Cl2N5O4. The van der Waals surface area contributed by atoms with Gasteiger partial charge >= 0.3 is 0 Å². The van der Waals surface area contributed by atoms with E-state index in [0.29, 0.717) is 45.8 Å². The van der Waals surface area contributed by atoms with Gasteiger partial charge in [0, 0.05) is 78.1 Å². The Morgan fingerprint density at radius 1 is 1.00 bits per heavy atom. The predicted molar refractivity (Wildman–Crippen MR) is 195 cm³/mol. The van der Waals surface area contributed by atoms with Crippen molar-refractivity contribution in [3.05, 3.63) is 123 Å². The van der Waals surface area contributed by atoms with Gasteiger partial charge in [0.15, 0.2) is 0 Å². The molecule has 49 heavy (non-hydrogen) atoms. The van der Waals surface area contributed by atoms with Gasteiger partial charge in [-0.25, -0.2) is 4.98 Å². The van der Waals surface area contributed by atoms with E-state index in [9.17, 15) is 9.59 Å². The van der Waals surface area contributed by atoms with Crippen molar-refractivity contribution in [2.24, 2.45) is 0 Å². The number of aryl methyl sites for hydroxylation is 1. The number of aromatic nitrogens is 2. The van der Waals surface area contributed by atoms with Gasteiger partial charge in [-0.3, -0.25) is 9.59 Å². The lowest BCUT2D eigenvalue weighted by Crippen LogP contribution is -2.36. The summed E-state index contributed by atoms with van der Waals surface area (Å²) in [6.45, 7) is 5.41. The van der Waals surface area contributed by atoms with Crippen molar-refractivity contribution in [2.45, 2.75) is 20.1 Å². The van der Waals surface area contributed by atoms with Crippen LogP contribution < -0.4 is 15.0 Å². The molecule has 1 fully saturated rings. The summed E-state index contributed by atoms with van der Waals surface area (Å²) in [4.78, 5) is 33.5. The topological polar surface area (TPSA) is 88.9 Å². The largest absolute Gasteiger partial charge is 0.487 e. The van der Waals surface area contributed by atoms with Gasteiger partial charge in [0.2, 0.25) is 5.91 Å². The van der Waals surface area contributed by atoms with Crippen LogP contribution in [0.3, 0.4) is 0 Å². The van der Waals surface area contributed by atoms with Crippen LogP contribution in [0.5, 0.6) is 5.75 Å². The highest BCUT2D eigenvalue weighted by Crippen LogP contribution is 2.36. The molecule has 3 aromatic carbocycles. The predicted octanol–water partition coefficient (Wildman–Crippen LogP) is 7.09. The normalized spacial score (nSPS) is 13.2. The second kappa shape index (κ2) is 15.2. The Hall–Kier alpha value is -4.83. The first-order valence-corrected chi connectivity index (χ1v) is 16.7. The average molecular weight is 699 g/mol. The minimum Gasteiger partial charge on any atom is -0.487 e. The first kappa shape index (κ1) is 34.0. The fourth-order valence-electron chi connectivity index (χ4n) is 5.76. The summed E-state index contributed by atoms with van der Waals surface area (Å²) in [6, 6.07) is 22.6. The second-order valence-electron chi connectivity index (χ2n) is 11.9. The number of hydrogen-bond acceptors (Lipinski definition) is 6. The third-order valence-corrected chi connectivity index (χ3v) is 9.10. The molecule has 2 aromatic heterocycles. The van der Waals surface area contributed by atoms with Crippen LogP contribution >= 0.6 is 23.2 Å². The molecule has 0 bridgehead atoms. The number of carbonyl (C=O) groups excluding carboxylic acids is 2. The maximum Gasteiger partial charge on any atom is 0.253 e. The van der Waals surface area contributed by atoms with Gasteiger partial charge in [0.1, 0.15) is 17.9 Å². The molecule has 0 aliphatic carbocycles. The number of amides is 2. The maximum atomic E-state index is 12.7. The molecule has 1 aliphatic heterocycles. The molecule has 0 radical (unpaired) electrons. The zero-order chi connectivity index (χ0) is 34.5. The number of nitrogens with one attached hydrogen (secondary N) is 1. The van der Waals surface area contributed by atoms with Gasteiger partial charge in [0.25, 0.3) is 5.91 Å². The monoisotopic (exact) mass is 697 g/mol. The molecule has 3 heterocycles. The van der Waals surface area contributed by atoms with Gasteiger partial charge in [-0.15, -0.1) is 0 Å². The number of morpholine rings is 1. The third-order valence-electron chi connectivity index (χ3n) is 8.33. The van der Waals surface area contributed by atoms with E-state index in [-0.39, 0.29) is 25.0 Å². The van der Waals surface area contributed by atoms with Crippen molar-refractivity contribution >= 4 is 57.7 Å². The summed E-state index contributed by atoms with van der Waals surface area (Å²) in [5.74, 6) is 0.309. The van der Waals surface area contributed by atoms with Crippen molar-refractivity contribution in [2.75, 3.05) is 45.3 Å². The number of rotatable bonds is 10. The SMILES string of the molecule is Cc1cc(N2CCOCC2)c2cccc(OCc3c(Cl)ccc(-n4cccc4CNC(=O)C=Cc4ccc(C(=O)N(C)C)cc4)c3Cl)c2n1. The lowest BCUT2D eigenvalue weighted by molar-refractivity contribution is -0.116. The minimum atomic E-state index is -0.256. The standard InChI is InChI=1S/C38H37Cl2N5O4/c1-25-22-33(44-18-20-48-21-19-44)29-7-4-8-34(37(29)42-25)49-24-30-31(39)14-15-32(36(30)40)45-17-5-6-28(45)23-41-35(46)16-11-26-9-12-27(13-10-26)38(47)43(2)3/h4-17,22H,18-21,23-24H2,1-3H3,(H,41,46). The van der Waals surface area contributed by atoms with Gasteiger partial charge in [0.05, 0.1) is 30.5 Å². The van der Waals surface area contributed by atoms with E-state index < -0.39 is 0 Å². The Morgan fingerprint density at radius 2 is 1.78 bits per heavy atom. The number of para-hydroxylation sites is 1. The molecule has 0 saturated carbocycles. The summed E-state index contributed by atoms with van der Waals surface area (Å²) >= 11 is 13.7. The number of hydrogen-bond donors (Lipinski definition) is 1. The molecule has 6 rings (SSSR count). The van der Waals surface area contributed by atoms with E-state index in [1.807, 2.05) is 48.0 Å². The van der Waals surface area contributed by atoms with E-state index in [1.165, 1.54) is 11.0 Å². The zero-order valence-electron chi connectivity index (χ0n) is 27.6. The Labute approximate surface area is 295 Å². The lowest BCUT2D eigenvalue weighted by atomic mass is 10.1. The number of fused-ring (bicyclic) bond motifs is 1. The molecule has 1 saturated heterocycles. The molecule has 2 amide bonds. The number of anilines is 1. The lowest BCUT2D eigenvalue weighted by Gasteiger charge is -2.30. The highest BCUT2D eigenvalue weighted by Gasteiger charge is 2.19. The maximum absolute atomic E-state index is 12.7. The van der Waals surface area contributed by atoms with E-state index >= 15 is 0 Å². The molecular weight excluding hydrogens is 661 g/mol. The molecule has 0 spiro atoms. The van der Waals surface area contributed by atoms with Crippen LogP contribution in [0.25, 0.3) is 22.7 Å². The van der Waals surface area contributed by atoms with Gasteiger partial charge in [-0.1, -0.05) is 47.5 Å². The first-order chi connectivity index (χ1) is 23.7. The fraction of sp³-hybridized carbons (Fsp3) is 0.237. The number of halogens is 2. The highest BCUT2D eigenvalue weighted by atomic mass is 35.5. The Balaban J connectivity index is 1.16. The van der Waals surface area contributed by atoms with Crippen LogP contribution in [-0.4, -0.2) is 66.7 Å². The van der Waals surface area contributed by atoms with Crippen LogP contribution in [0, 0.1) is 6.92 Å². The summed E-state index contributed by atoms with van der Waals surface area (Å²) in [5.41, 5.74) is 6.37. The van der Waals surface area contributed by atoms with Gasteiger partial charge in [-0.05, 0) is 67.1 Å². The van der Waals surface area contributed by atoms with E-state index in [4.69, 9.17) is 37.7 Å². The molecule has 0 atom stereocenters. The van der Waals surface area contributed by atoms with Crippen molar-refractivity contribution < 1.29 is 19.1 Å². The highest BCUT2D eigenvalue weighted by molar-refractivity contribution is 6.37. The Kier molecular flexibility index (Phi) is 10.5. The fourth-order valence-corrected chi connectivity index (χ4v) is 6.33. The zero-order valence-corrected chi connectivity index (χ0v) is 29.1. The summed E-state index contributed by atoms with van der Waals surface area (Å²) in [7, 11) is 3.41. The van der Waals surface area contributed by atoms with Crippen molar-refractivity contribution in [1.29, 1.82) is 0 Å². The van der Waals surface area contributed by atoms with E-state index in [0.717, 1.165) is 46.6 Å². The number of carbonyl (C=O) groups is 2. The van der Waals surface area contributed by atoms with E-state index in [2.05, 4.69) is 22.3 Å². The average Bonchev–Trinajstić information content (AvgIpc) is 3.58. The summed E-state index contributed by atoms with van der Waals surface area (Å²) < 4.78 is 13.9.